The molecule has 0 radical (unpaired) electrons. The average Bonchev–Trinajstić information content (AvgIpc) is 3.22. The van der Waals surface area contributed by atoms with Crippen molar-refractivity contribution in [1.82, 2.24) is 4.90 Å². The maximum atomic E-state index is 12.2. The minimum Gasteiger partial charge on any atom is -0.492 e. The molecular formula is C21H24N4O6S. The highest BCUT2D eigenvalue weighted by Crippen LogP contribution is 2.28. The largest absolute Gasteiger partial charge is 0.492 e. The van der Waals surface area contributed by atoms with Crippen molar-refractivity contribution >= 4 is 39.9 Å². The Bertz CT molecular complexity index is 967. The number of rotatable bonds is 6. The van der Waals surface area contributed by atoms with Crippen molar-refractivity contribution in [2.75, 3.05) is 49.5 Å². The van der Waals surface area contributed by atoms with E-state index in [1.165, 1.54) is 11.3 Å². The predicted molar refractivity (Wildman–Crippen MR) is 119 cm³/mol. The lowest BCUT2D eigenvalue weighted by molar-refractivity contribution is -0.159. The number of nitriles is 1. The molecule has 0 bridgehead atoms. The van der Waals surface area contributed by atoms with Crippen molar-refractivity contribution in [3.8, 4) is 11.8 Å². The van der Waals surface area contributed by atoms with Gasteiger partial charge in [0.05, 0.1) is 24.4 Å². The van der Waals surface area contributed by atoms with E-state index in [-0.39, 0.29) is 5.91 Å². The molecule has 32 heavy (non-hydrogen) atoms. The smallest absolute Gasteiger partial charge is 0.414 e. The zero-order chi connectivity index (χ0) is 23.5. The first-order valence-corrected chi connectivity index (χ1v) is 10.7. The van der Waals surface area contributed by atoms with Gasteiger partial charge in [-0.05, 0) is 30.5 Å². The van der Waals surface area contributed by atoms with Gasteiger partial charge in [-0.1, -0.05) is 12.1 Å². The van der Waals surface area contributed by atoms with Gasteiger partial charge in [0.25, 0.3) is 0 Å². The number of anilines is 2. The molecule has 3 rings (SSSR count). The van der Waals surface area contributed by atoms with E-state index in [4.69, 9.17) is 29.8 Å². The minimum absolute atomic E-state index is 0.0767. The van der Waals surface area contributed by atoms with Gasteiger partial charge in [0.2, 0.25) is 5.91 Å². The third-order valence-corrected chi connectivity index (χ3v) is 5.30. The Hall–Kier alpha value is -3.62. The second-order valence-corrected chi connectivity index (χ2v) is 7.51. The van der Waals surface area contributed by atoms with Crippen molar-refractivity contribution < 1.29 is 29.3 Å². The van der Waals surface area contributed by atoms with Gasteiger partial charge in [0, 0.05) is 26.2 Å². The quantitative estimate of drug-likeness (QED) is 0.551. The second kappa shape index (κ2) is 12.3. The fraction of sp³-hybridized carbons (Fsp3) is 0.333. The molecular weight excluding hydrogens is 436 g/mol. The number of hydrogen-bond acceptors (Lipinski definition) is 8. The summed E-state index contributed by atoms with van der Waals surface area (Å²) in [5.74, 6) is -2.82. The Morgan fingerprint density at radius 1 is 1.12 bits per heavy atom. The van der Waals surface area contributed by atoms with Crippen LogP contribution < -0.4 is 15.0 Å². The highest BCUT2D eigenvalue weighted by molar-refractivity contribution is 7.14. The van der Waals surface area contributed by atoms with Crippen LogP contribution in [0.4, 0.5) is 10.7 Å². The van der Waals surface area contributed by atoms with E-state index in [1.54, 1.807) is 6.07 Å². The standard InChI is InChI=1S/C19H22N4O2S.C2H2O4/c1-2-25-17-6-4-3-5-16(17)23-10-8-22(9-11-23)14-18(24)21-19-15(13-20)7-12-26-19;3-1(4)2(5)6/h3-7,12H,2,8-11,14H2,1H3,(H,21,24);(H,3,4)(H,5,6). The number of benzene rings is 1. The molecule has 0 spiro atoms. The number of nitrogens with zero attached hydrogens (tertiary/aromatic N) is 3. The Morgan fingerprint density at radius 3 is 2.38 bits per heavy atom. The number of carbonyl (C=O) groups excluding carboxylic acids is 1. The van der Waals surface area contributed by atoms with Crippen LogP contribution in [0.3, 0.4) is 0 Å². The number of hydrogen-bond donors (Lipinski definition) is 3. The lowest BCUT2D eigenvalue weighted by Gasteiger charge is -2.36. The van der Waals surface area contributed by atoms with Crippen LogP contribution in [-0.4, -0.2) is 72.3 Å². The molecule has 0 saturated carbocycles. The molecule has 2 aromatic rings. The molecule has 0 atom stereocenters. The molecule has 1 aliphatic rings. The monoisotopic (exact) mass is 460 g/mol. The normalized spacial score (nSPS) is 13.3. The second-order valence-electron chi connectivity index (χ2n) is 6.60. The fourth-order valence-electron chi connectivity index (χ4n) is 3.01. The summed E-state index contributed by atoms with van der Waals surface area (Å²) in [4.78, 5) is 34.9. The van der Waals surface area contributed by atoms with Gasteiger partial charge < -0.3 is 25.2 Å². The summed E-state index contributed by atoms with van der Waals surface area (Å²) in [6.45, 7) is 6.28. The summed E-state index contributed by atoms with van der Waals surface area (Å²) < 4.78 is 5.72. The maximum Gasteiger partial charge on any atom is 0.414 e. The Morgan fingerprint density at radius 2 is 1.78 bits per heavy atom. The summed E-state index contributed by atoms with van der Waals surface area (Å²) in [6.07, 6.45) is 0. The van der Waals surface area contributed by atoms with Crippen molar-refractivity contribution in [2.45, 2.75) is 6.92 Å². The van der Waals surface area contributed by atoms with Crippen LogP contribution in [0.1, 0.15) is 12.5 Å². The van der Waals surface area contributed by atoms with Gasteiger partial charge in [0.1, 0.15) is 16.8 Å². The molecule has 1 fully saturated rings. The van der Waals surface area contributed by atoms with Crippen molar-refractivity contribution in [1.29, 1.82) is 5.26 Å². The summed E-state index contributed by atoms with van der Waals surface area (Å²) in [6, 6.07) is 11.9. The molecule has 2 heterocycles. The summed E-state index contributed by atoms with van der Waals surface area (Å²) in [5.41, 5.74) is 1.62. The van der Waals surface area contributed by atoms with Gasteiger partial charge in [-0.15, -0.1) is 11.3 Å². The predicted octanol–water partition coefficient (Wildman–Crippen LogP) is 1.93. The van der Waals surface area contributed by atoms with Gasteiger partial charge in [-0.3, -0.25) is 9.69 Å². The number of nitrogens with one attached hydrogen (secondary N) is 1. The molecule has 0 unspecified atom stereocenters. The van der Waals surface area contributed by atoms with E-state index in [0.717, 1.165) is 37.6 Å². The van der Waals surface area contributed by atoms with E-state index in [1.807, 2.05) is 30.5 Å². The van der Waals surface area contributed by atoms with E-state index in [2.05, 4.69) is 27.3 Å². The summed E-state index contributed by atoms with van der Waals surface area (Å²) in [5, 5.41) is 29.1. The number of thiophene rings is 1. The third kappa shape index (κ3) is 7.26. The van der Waals surface area contributed by atoms with Gasteiger partial charge >= 0.3 is 11.9 Å². The minimum atomic E-state index is -1.82. The topological polar surface area (TPSA) is 143 Å². The Balaban J connectivity index is 0.000000534. The highest BCUT2D eigenvalue weighted by atomic mass is 32.1. The van der Waals surface area contributed by atoms with Crippen LogP contribution in [0, 0.1) is 11.3 Å². The first-order chi connectivity index (χ1) is 15.3. The molecule has 10 nitrogen and oxygen atoms in total. The molecule has 1 saturated heterocycles. The molecule has 3 N–H and O–H groups in total. The molecule has 1 aromatic heterocycles. The first-order valence-electron chi connectivity index (χ1n) is 9.78. The van der Waals surface area contributed by atoms with Gasteiger partial charge in [-0.25, -0.2) is 9.59 Å². The SMILES string of the molecule is CCOc1ccccc1N1CCN(CC(=O)Nc2sccc2C#N)CC1.O=C(O)C(=O)O. The molecule has 1 aliphatic heterocycles. The molecule has 1 amide bonds. The average molecular weight is 461 g/mol. The van der Waals surface area contributed by atoms with Crippen LogP contribution in [-0.2, 0) is 14.4 Å². The first kappa shape index (κ1) is 24.6. The van der Waals surface area contributed by atoms with Crippen LogP contribution in [0.5, 0.6) is 5.75 Å². The third-order valence-electron chi connectivity index (χ3n) is 4.47. The molecule has 11 heteroatoms. The summed E-state index contributed by atoms with van der Waals surface area (Å²) >= 11 is 1.37. The number of ether oxygens (including phenoxy) is 1. The van der Waals surface area contributed by atoms with Crippen LogP contribution in [0.2, 0.25) is 0 Å². The lowest BCUT2D eigenvalue weighted by Crippen LogP contribution is -2.48. The van der Waals surface area contributed by atoms with Crippen LogP contribution >= 0.6 is 11.3 Å². The number of amides is 1. The number of aliphatic carboxylic acids is 2. The maximum absolute atomic E-state index is 12.2. The molecule has 170 valence electrons. The van der Waals surface area contributed by atoms with E-state index in [0.29, 0.717) is 23.7 Å². The van der Waals surface area contributed by atoms with Crippen molar-refractivity contribution in [3.63, 3.8) is 0 Å². The number of carboxylic acid groups (broad SMARTS) is 2. The van der Waals surface area contributed by atoms with E-state index >= 15 is 0 Å². The zero-order valence-corrected chi connectivity index (χ0v) is 18.3. The zero-order valence-electron chi connectivity index (χ0n) is 17.5. The number of para-hydroxylation sites is 2. The number of piperazine rings is 1. The number of carboxylic acids is 2. The van der Waals surface area contributed by atoms with E-state index < -0.39 is 11.9 Å². The lowest BCUT2D eigenvalue weighted by atomic mass is 10.2. The van der Waals surface area contributed by atoms with Gasteiger partial charge in [0.15, 0.2) is 0 Å². The Labute approximate surface area is 189 Å². The fourth-order valence-corrected chi connectivity index (χ4v) is 3.76. The van der Waals surface area contributed by atoms with Crippen molar-refractivity contribution in [2.24, 2.45) is 0 Å². The number of carbonyl (C=O) groups is 3. The van der Waals surface area contributed by atoms with Crippen LogP contribution in [0.25, 0.3) is 0 Å². The molecule has 0 aliphatic carbocycles. The summed E-state index contributed by atoms with van der Waals surface area (Å²) in [7, 11) is 0. The Kier molecular flexibility index (Phi) is 9.46. The highest BCUT2D eigenvalue weighted by Gasteiger charge is 2.21. The van der Waals surface area contributed by atoms with Crippen LogP contribution in [0.15, 0.2) is 35.7 Å². The van der Waals surface area contributed by atoms with E-state index in [9.17, 15) is 4.79 Å². The van der Waals surface area contributed by atoms with Gasteiger partial charge in [-0.2, -0.15) is 5.26 Å². The molecule has 1 aromatic carbocycles. The van der Waals surface area contributed by atoms with Crippen molar-refractivity contribution in [3.05, 3.63) is 41.3 Å².